The van der Waals surface area contributed by atoms with Crippen LogP contribution < -0.4 is 5.69 Å². The first-order valence-corrected chi connectivity index (χ1v) is 10.6. The van der Waals surface area contributed by atoms with Crippen LogP contribution in [0.2, 0.25) is 0 Å². The van der Waals surface area contributed by atoms with Crippen molar-refractivity contribution >= 4 is 17.3 Å². The molecule has 1 atom stereocenters. The van der Waals surface area contributed by atoms with Gasteiger partial charge in [0.1, 0.15) is 5.60 Å². The van der Waals surface area contributed by atoms with Crippen LogP contribution in [0.4, 0.5) is 4.79 Å². The molecule has 0 radical (unpaired) electrons. The molecule has 7 nitrogen and oxygen atoms in total. The summed E-state index contributed by atoms with van der Waals surface area (Å²) in [5.41, 5.74) is 1.85. The number of imidazole rings is 1. The summed E-state index contributed by atoms with van der Waals surface area (Å²) in [7, 11) is 0. The van der Waals surface area contributed by atoms with Gasteiger partial charge < -0.3 is 9.72 Å². The molecule has 0 spiro atoms. The number of fused-ring (bicyclic) bond motifs is 1. The van der Waals surface area contributed by atoms with Crippen LogP contribution in [-0.4, -0.2) is 37.2 Å². The summed E-state index contributed by atoms with van der Waals surface area (Å²) in [6.07, 6.45) is 4.75. The van der Waals surface area contributed by atoms with E-state index in [0.717, 1.165) is 36.8 Å². The summed E-state index contributed by atoms with van der Waals surface area (Å²) < 4.78 is 7.56. The second-order valence-electron chi connectivity index (χ2n) is 8.83. The number of H-pyrrole nitrogens is 1. The smallest absolute Gasteiger partial charge is 0.411 e. The number of cyclic esters (lactones) is 1. The van der Waals surface area contributed by atoms with Gasteiger partial charge in [-0.3, -0.25) is 9.47 Å². The molecular weight excluding hydrogens is 380 g/mol. The fraction of sp³-hybridized carbons (Fsp3) is 0.435. The van der Waals surface area contributed by atoms with Gasteiger partial charge in [0.15, 0.2) is 5.65 Å². The number of ether oxygens (including phenoxy) is 1. The van der Waals surface area contributed by atoms with E-state index < -0.39 is 5.60 Å². The van der Waals surface area contributed by atoms with E-state index in [-0.39, 0.29) is 29.9 Å². The number of nitrogens with zero attached hydrogens (tertiary/aromatic N) is 3. The number of aromatic amines is 1. The predicted octanol–water partition coefficient (Wildman–Crippen LogP) is 4.18. The zero-order valence-electron chi connectivity index (χ0n) is 17.2. The van der Waals surface area contributed by atoms with Gasteiger partial charge in [-0.1, -0.05) is 30.3 Å². The van der Waals surface area contributed by atoms with Crippen molar-refractivity contribution in [2.75, 3.05) is 0 Å². The predicted molar refractivity (Wildman–Crippen MR) is 113 cm³/mol. The summed E-state index contributed by atoms with van der Waals surface area (Å²) in [6, 6.07) is 13.9. The zero-order chi connectivity index (χ0) is 20.9. The van der Waals surface area contributed by atoms with Gasteiger partial charge in [0.05, 0.1) is 11.6 Å². The lowest BCUT2D eigenvalue weighted by molar-refractivity contribution is 0.0662. The minimum Gasteiger partial charge on any atom is -0.441 e. The van der Waals surface area contributed by atoms with Crippen LogP contribution in [0.15, 0.2) is 53.5 Å². The van der Waals surface area contributed by atoms with Gasteiger partial charge in [0.25, 0.3) is 0 Å². The van der Waals surface area contributed by atoms with Crippen LogP contribution in [0.3, 0.4) is 0 Å². The Balaban J connectivity index is 1.40. The third-order valence-corrected chi connectivity index (χ3v) is 6.51. The van der Waals surface area contributed by atoms with Gasteiger partial charge in [-0.25, -0.2) is 14.6 Å². The molecule has 1 saturated carbocycles. The molecule has 1 N–H and O–H groups in total. The van der Waals surface area contributed by atoms with Crippen molar-refractivity contribution in [3.63, 3.8) is 0 Å². The maximum Gasteiger partial charge on any atom is 0.411 e. The Morgan fingerprint density at radius 1 is 1.00 bits per heavy atom. The number of hydrogen-bond donors (Lipinski definition) is 1. The monoisotopic (exact) mass is 406 g/mol. The van der Waals surface area contributed by atoms with Gasteiger partial charge in [0, 0.05) is 18.3 Å². The number of nitrogens with one attached hydrogen (secondary N) is 1. The molecule has 1 aliphatic carbocycles. The summed E-state index contributed by atoms with van der Waals surface area (Å²) >= 11 is 0. The zero-order valence-corrected chi connectivity index (χ0v) is 17.2. The maximum absolute atomic E-state index is 12.8. The quantitative estimate of drug-likeness (QED) is 0.708. The molecule has 3 aromatic rings. The lowest BCUT2D eigenvalue weighted by atomic mass is 9.86. The Morgan fingerprint density at radius 3 is 2.43 bits per heavy atom. The average molecular weight is 406 g/mol. The molecule has 1 aromatic carbocycles. The molecule has 3 heterocycles. The molecule has 1 amide bonds. The van der Waals surface area contributed by atoms with E-state index in [1.165, 1.54) is 0 Å². The van der Waals surface area contributed by atoms with Crippen LogP contribution in [-0.2, 0) is 4.74 Å². The highest BCUT2D eigenvalue weighted by atomic mass is 16.6. The fourth-order valence-electron chi connectivity index (χ4n) is 5.22. The second kappa shape index (κ2) is 7.00. The summed E-state index contributed by atoms with van der Waals surface area (Å²) in [5, 5.41) is 0. The van der Waals surface area contributed by atoms with Crippen molar-refractivity contribution in [2.24, 2.45) is 0 Å². The SMILES string of the molecule is CC1(C)OC(=O)N(C2CCC(n3c(=O)[nH]c4cccnc43)CC2)C1c1ccccc1. The van der Waals surface area contributed by atoms with E-state index in [1.807, 2.05) is 49.1 Å². The van der Waals surface area contributed by atoms with Gasteiger partial charge in [0.2, 0.25) is 0 Å². The van der Waals surface area contributed by atoms with E-state index in [2.05, 4.69) is 22.1 Å². The summed E-state index contributed by atoms with van der Waals surface area (Å²) in [6.45, 7) is 3.96. The number of pyridine rings is 1. The molecule has 2 fully saturated rings. The van der Waals surface area contributed by atoms with Crippen LogP contribution >= 0.6 is 0 Å². The van der Waals surface area contributed by atoms with Crippen LogP contribution in [0.25, 0.3) is 11.2 Å². The molecule has 0 bridgehead atoms. The largest absolute Gasteiger partial charge is 0.441 e. The normalized spacial score (nSPS) is 26.1. The van der Waals surface area contributed by atoms with Crippen LogP contribution in [0.5, 0.6) is 0 Å². The minimum atomic E-state index is -0.590. The standard InChI is InChI=1S/C23H26N4O3/c1-23(2)19(15-7-4-3-5-8-15)26(22(29)30-23)16-10-12-17(13-11-16)27-20-18(25-21(27)28)9-6-14-24-20/h3-9,14,16-17,19H,10-13H2,1-2H3,(H,25,28). The molecular formula is C23H26N4O3. The second-order valence-corrected chi connectivity index (χ2v) is 8.83. The van der Waals surface area contributed by atoms with Gasteiger partial charge in [-0.15, -0.1) is 0 Å². The van der Waals surface area contributed by atoms with E-state index in [0.29, 0.717) is 5.65 Å². The van der Waals surface area contributed by atoms with Crippen molar-refractivity contribution < 1.29 is 9.53 Å². The Hall–Kier alpha value is -3.09. The molecule has 1 aliphatic heterocycles. The molecule has 30 heavy (non-hydrogen) atoms. The van der Waals surface area contributed by atoms with Gasteiger partial charge in [-0.2, -0.15) is 0 Å². The number of hydrogen-bond acceptors (Lipinski definition) is 4. The summed E-state index contributed by atoms with van der Waals surface area (Å²) in [5.74, 6) is 0. The topological polar surface area (TPSA) is 80.2 Å². The van der Waals surface area contributed by atoms with E-state index in [4.69, 9.17) is 4.74 Å². The molecule has 1 unspecified atom stereocenters. The molecule has 2 aromatic heterocycles. The molecule has 156 valence electrons. The first-order chi connectivity index (χ1) is 14.5. The number of carbonyl (C=O) groups excluding carboxylic acids is 1. The van der Waals surface area contributed by atoms with Crippen LogP contribution in [0, 0.1) is 0 Å². The maximum atomic E-state index is 12.8. The third-order valence-electron chi connectivity index (χ3n) is 6.51. The van der Waals surface area contributed by atoms with Crippen molar-refractivity contribution in [3.05, 3.63) is 64.7 Å². The van der Waals surface area contributed by atoms with Crippen molar-refractivity contribution in [1.82, 2.24) is 19.4 Å². The highest BCUT2D eigenvalue weighted by Crippen LogP contribution is 2.45. The number of benzene rings is 1. The summed E-state index contributed by atoms with van der Waals surface area (Å²) in [4.78, 5) is 34.6. The van der Waals surface area contributed by atoms with Gasteiger partial charge >= 0.3 is 11.8 Å². The average Bonchev–Trinajstić information content (AvgIpc) is 3.20. The lowest BCUT2D eigenvalue weighted by Gasteiger charge is -2.38. The Labute approximate surface area is 174 Å². The molecule has 2 aliphatic rings. The number of amides is 1. The van der Waals surface area contributed by atoms with Crippen molar-refractivity contribution in [2.45, 2.75) is 63.3 Å². The van der Waals surface area contributed by atoms with Gasteiger partial charge in [-0.05, 0) is 57.2 Å². The number of rotatable bonds is 3. The van der Waals surface area contributed by atoms with Crippen LogP contribution in [0.1, 0.15) is 57.2 Å². The fourth-order valence-corrected chi connectivity index (χ4v) is 5.22. The Kier molecular flexibility index (Phi) is 4.41. The first-order valence-electron chi connectivity index (χ1n) is 10.6. The number of carbonyl (C=O) groups is 1. The van der Waals surface area contributed by atoms with E-state index >= 15 is 0 Å². The molecule has 7 heteroatoms. The lowest BCUT2D eigenvalue weighted by Crippen LogP contribution is -2.43. The highest BCUT2D eigenvalue weighted by Gasteiger charge is 2.51. The highest BCUT2D eigenvalue weighted by molar-refractivity contribution is 5.72. The minimum absolute atomic E-state index is 0.0826. The third kappa shape index (κ3) is 3.00. The van der Waals surface area contributed by atoms with Crippen molar-refractivity contribution in [1.29, 1.82) is 0 Å². The molecule has 5 rings (SSSR count). The Morgan fingerprint density at radius 2 is 1.70 bits per heavy atom. The molecule has 1 saturated heterocycles. The Bertz CT molecular complexity index is 1130. The number of aromatic nitrogens is 3. The van der Waals surface area contributed by atoms with E-state index in [1.54, 1.807) is 10.8 Å². The van der Waals surface area contributed by atoms with E-state index in [9.17, 15) is 9.59 Å². The first kappa shape index (κ1) is 18.9. The van der Waals surface area contributed by atoms with Crippen molar-refractivity contribution in [3.8, 4) is 0 Å².